The van der Waals surface area contributed by atoms with Gasteiger partial charge in [0.25, 0.3) is 5.91 Å². The van der Waals surface area contributed by atoms with Gasteiger partial charge in [0, 0.05) is 18.0 Å². The molecule has 1 saturated heterocycles. The van der Waals surface area contributed by atoms with Gasteiger partial charge in [0.15, 0.2) is 6.61 Å². The minimum absolute atomic E-state index is 0.124. The number of rotatable bonds is 6. The minimum Gasteiger partial charge on any atom is -0.452 e. The fourth-order valence-electron chi connectivity index (χ4n) is 3.99. The first-order chi connectivity index (χ1) is 15.4. The van der Waals surface area contributed by atoms with E-state index in [1.165, 1.54) is 39.9 Å². The number of nitrogens with zero attached hydrogens (tertiary/aromatic N) is 2. The van der Waals surface area contributed by atoms with Crippen molar-refractivity contribution in [2.75, 3.05) is 25.0 Å². The molecule has 0 radical (unpaired) electrons. The van der Waals surface area contributed by atoms with E-state index in [1.54, 1.807) is 0 Å². The van der Waals surface area contributed by atoms with Crippen LogP contribution in [0.5, 0.6) is 0 Å². The number of sulfonamides is 1. The highest BCUT2D eigenvalue weighted by Crippen LogP contribution is 2.37. The van der Waals surface area contributed by atoms with Crippen molar-refractivity contribution in [3.8, 4) is 6.07 Å². The van der Waals surface area contributed by atoms with Crippen molar-refractivity contribution in [1.82, 2.24) is 4.31 Å². The maximum absolute atomic E-state index is 12.6. The van der Waals surface area contributed by atoms with Crippen molar-refractivity contribution in [2.24, 2.45) is 0 Å². The van der Waals surface area contributed by atoms with Crippen LogP contribution in [0.2, 0.25) is 0 Å². The molecule has 0 spiro atoms. The number of anilines is 1. The lowest BCUT2D eigenvalue weighted by molar-refractivity contribution is -0.119. The third-order valence-electron chi connectivity index (χ3n) is 5.66. The van der Waals surface area contributed by atoms with Crippen LogP contribution >= 0.6 is 11.3 Å². The zero-order valence-corrected chi connectivity index (χ0v) is 19.1. The van der Waals surface area contributed by atoms with Crippen LogP contribution in [0.25, 0.3) is 0 Å². The number of hydrogen-bond acceptors (Lipinski definition) is 7. The molecule has 32 heavy (non-hydrogen) atoms. The van der Waals surface area contributed by atoms with Crippen molar-refractivity contribution in [3.63, 3.8) is 0 Å². The van der Waals surface area contributed by atoms with Crippen LogP contribution in [0, 0.1) is 11.3 Å². The number of thiophene rings is 1. The summed E-state index contributed by atoms with van der Waals surface area (Å²) in [5, 5.41) is 12.6. The van der Waals surface area contributed by atoms with Crippen molar-refractivity contribution in [2.45, 2.75) is 43.4 Å². The molecule has 1 amide bonds. The molecule has 1 N–H and O–H groups in total. The van der Waals surface area contributed by atoms with Gasteiger partial charge in [0.1, 0.15) is 11.1 Å². The Morgan fingerprint density at radius 2 is 1.78 bits per heavy atom. The Balaban J connectivity index is 1.35. The molecule has 0 unspecified atom stereocenters. The normalized spacial score (nSPS) is 16.2. The smallest absolute Gasteiger partial charge is 0.338 e. The molecule has 2 aromatic rings. The van der Waals surface area contributed by atoms with Crippen LogP contribution in [0.3, 0.4) is 0 Å². The molecule has 1 aliphatic heterocycles. The van der Waals surface area contributed by atoms with Crippen LogP contribution < -0.4 is 5.32 Å². The molecule has 1 fully saturated rings. The molecule has 1 aromatic carbocycles. The number of esters is 1. The van der Waals surface area contributed by atoms with Crippen LogP contribution in [-0.2, 0) is 32.4 Å². The molecule has 1 aliphatic carbocycles. The van der Waals surface area contributed by atoms with Crippen LogP contribution in [0.1, 0.15) is 52.0 Å². The number of carbonyl (C=O) groups excluding carboxylic acids is 2. The maximum Gasteiger partial charge on any atom is 0.338 e. The third-order valence-corrected chi connectivity index (χ3v) is 8.78. The fourth-order valence-corrected chi connectivity index (χ4v) is 6.76. The summed E-state index contributed by atoms with van der Waals surface area (Å²) in [6.07, 6.45) is 5.53. The summed E-state index contributed by atoms with van der Waals surface area (Å²) in [6.45, 7) is 0.504. The van der Waals surface area contributed by atoms with Crippen molar-refractivity contribution < 1.29 is 22.7 Å². The highest BCUT2D eigenvalue weighted by Gasteiger charge is 2.27. The minimum atomic E-state index is -3.56. The summed E-state index contributed by atoms with van der Waals surface area (Å²) < 4.78 is 31.6. The zero-order valence-electron chi connectivity index (χ0n) is 17.4. The molecule has 0 atom stereocenters. The predicted molar refractivity (Wildman–Crippen MR) is 119 cm³/mol. The van der Waals surface area contributed by atoms with Crippen molar-refractivity contribution in [1.29, 1.82) is 5.26 Å². The fraction of sp³-hybridized carbons (Fsp3) is 0.409. The second kappa shape index (κ2) is 9.40. The topological polar surface area (TPSA) is 117 Å². The number of fused-ring (bicyclic) bond motifs is 1. The monoisotopic (exact) mass is 473 g/mol. The second-order valence-corrected chi connectivity index (χ2v) is 10.8. The molecule has 10 heteroatoms. The quantitative estimate of drug-likeness (QED) is 0.645. The van der Waals surface area contributed by atoms with Gasteiger partial charge in [0.2, 0.25) is 10.0 Å². The zero-order chi connectivity index (χ0) is 22.7. The number of nitriles is 1. The van der Waals surface area contributed by atoms with Gasteiger partial charge in [-0.1, -0.05) is 0 Å². The standard InChI is InChI=1S/C22H23N3O5S2/c23-13-18-17-5-1-2-6-19(17)31-21(18)24-20(26)14-30-22(27)15-7-9-16(10-8-15)32(28,29)25-11-3-4-12-25/h7-10H,1-6,11-12,14H2,(H,24,26). The number of nitrogens with one attached hydrogen (secondary N) is 1. The van der Waals surface area contributed by atoms with Gasteiger partial charge in [-0.3, -0.25) is 4.79 Å². The number of amides is 1. The van der Waals surface area contributed by atoms with Crippen LogP contribution in [0.4, 0.5) is 5.00 Å². The number of hydrogen-bond donors (Lipinski definition) is 1. The van der Waals surface area contributed by atoms with Gasteiger partial charge in [-0.15, -0.1) is 11.3 Å². The molecule has 2 aliphatic rings. The average Bonchev–Trinajstić information content (AvgIpc) is 3.46. The van der Waals surface area contributed by atoms with E-state index < -0.39 is 28.5 Å². The van der Waals surface area contributed by atoms with Crippen LogP contribution in [-0.4, -0.2) is 44.3 Å². The van der Waals surface area contributed by atoms with Gasteiger partial charge in [0.05, 0.1) is 16.0 Å². The van der Waals surface area contributed by atoms with Crippen molar-refractivity contribution >= 4 is 38.2 Å². The van der Waals surface area contributed by atoms with Gasteiger partial charge < -0.3 is 10.1 Å². The summed E-state index contributed by atoms with van der Waals surface area (Å²) >= 11 is 1.40. The Hall–Kier alpha value is -2.74. The summed E-state index contributed by atoms with van der Waals surface area (Å²) in [4.78, 5) is 25.8. The van der Waals surface area contributed by atoms with Gasteiger partial charge in [-0.25, -0.2) is 13.2 Å². The lowest BCUT2D eigenvalue weighted by Gasteiger charge is -2.15. The first kappa shape index (κ1) is 22.5. The summed E-state index contributed by atoms with van der Waals surface area (Å²) in [5.41, 5.74) is 1.67. The molecule has 8 nitrogen and oxygen atoms in total. The second-order valence-electron chi connectivity index (χ2n) is 7.79. The number of carbonyl (C=O) groups is 2. The molecule has 168 valence electrons. The Kier molecular flexibility index (Phi) is 6.60. The maximum atomic E-state index is 12.6. The molecular weight excluding hydrogens is 450 g/mol. The SMILES string of the molecule is N#Cc1c(NC(=O)COC(=O)c2ccc(S(=O)(=O)N3CCCC3)cc2)sc2c1CCCC2. The molecule has 4 rings (SSSR count). The van der Waals surface area contributed by atoms with E-state index in [4.69, 9.17) is 4.74 Å². The molecule has 0 bridgehead atoms. The van der Waals surface area contributed by atoms with E-state index in [2.05, 4.69) is 11.4 Å². The van der Waals surface area contributed by atoms with Gasteiger partial charge >= 0.3 is 5.97 Å². The van der Waals surface area contributed by atoms with Crippen molar-refractivity contribution in [3.05, 3.63) is 45.8 Å². The lowest BCUT2D eigenvalue weighted by atomic mass is 9.96. The molecule has 1 aromatic heterocycles. The summed E-state index contributed by atoms with van der Waals surface area (Å²) in [7, 11) is -3.56. The highest BCUT2D eigenvalue weighted by molar-refractivity contribution is 7.89. The van der Waals surface area contributed by atoms with E-state index in [0.717, 1.165) is 49.0 Å². The summed E-state index contributed by atoms with van der Waals surface area (Å²) in [5.74, 6) is -1.25. The Morgan fingerprint density at radius 1 is 1.09 bits per heavy atom. The van der Waals surface area contributed by atoms with E-state index in [0.29, 0.717) is 23.7 Å². The summed E-state index contributed by atoms with van der Waals surface area (Å²) in [6, 6.07) is 7.68. The largest absolute Gasteiger partial charge is 0.452 e. The van der Waals surface area contributed by atoms with Gasteiger partial charge in [-0.2, -0.15) is 9.57 Å². The average molecular weight is 474 g/mol. The Bertz CT molecular complexity index is 1170. The number of benzene rings is 1. The van der Waals surface area contributed by atoms with E-state index in [9.17, 15) is 23.3 Å². The third kappa shape index (κ3) is 4.55. The Morgan fingerprint density at radius 3 is 2.47 bits per heavy atom. The van der Waals surface area contributed by atoms with E-state index in [1.807, 2.05) is 0 Å². The predicted octanol–water partition coefficient (Wildman–Crippen LogP) is 3.08. The molecule has 0 saturated carbocycles. The van der Waals surface area contributed by atoms with Gasteiger partial charge in [-0.05, 0) is 68.4 Å². The first-order valence-electron chi connectivity index (χ1n) is 10.5. The molecular formula is C22H23N3O5S2. The Labute approximate surface area is 190 Å². The van der Waals surface area contributed by atoms with E-state index >= 15 is 0 Å². The lowest BCUT2D eigenvalue weighted by Crippen LogP contribution is -2.27. The number of ether oxygens (including phenoxy) is 1. The van der Waals surface area contributed by atoms with Crippen LogP contribution in [0.15, 0.2) is 29.2 Å². The highest BCUT2D eigenvalue weighted by atomic mass is 32.2. The number of aryl methyl sites for hydroxylation is 1. The van der Waals surface area contributed by atoms with E-state index in [-0.39, 0.29) is 10.5 Å². The molecule has 2 heterocycles. The first-order valence-corrected chi connectivity index (χ1v) is 12.8.